The lowest BCUT2D eigenvalue weighted by molar-refractivity contribution is 0.0320. The first kappa shape index (κ1) is 19.0. The minimum absolute atomic E-state index is 0.260. The van der Waals surface area contributed by atoms with Gasteiger partial charge in [0.2, 0.25) is 5.78 Å². The maximum absolute atomic E-state index is 13.0. The summed E-state index contributed by atoms with van der Waals surface area (Å²) in [6, 6.07) is 12.6. The lowest BCUT2D eigenvalue weighted by Crippen LogP contribution is -2.24. The topological polar surface area (TPSA) is 82.3 Å². The highest BCUT2D eigenvalue weighted by atomic mass is 32.1. The Morgan fingerprint density at radius 2 is 1.90 bits per heavy atom. The van der Waals surface area contributed by atoms with E-state index in [1.807, 2.05) is 36.6 Å². The molecule has 3 aromatic heterocycles. The monoisotopic (exact) mass is 406 g/mol. The van der Waals surface area contributed by atoms with E-state index >= 15 is 0 Å². The largest absolute Gasteiger partial charge is 0.451 e. The van der Waals surface area contributed by atoms with Crippen LogP contribution in [0.2, 0.25) is 0 Å². The molecule has 29 heavy (non-hydrogen) atoms. The first-order chi connectivity index (χ1) is 13.9. The second-order valence-corrected chi connectivity index (χ2v) is 7.71. The Kier molecular flexibility index (Phi) is 4.98. The van der Waals surface area contributed by atoms with Crippen molar-refractivity contribution in [3.05, 3.63) is 70.2 Å². The third kappa shape index (κ3) is 3.69. The number of rotatable bonds is 5. The number of esters is 1. The summed E-state index contributed by atoms with van der Waals surface area (Å²) in [5.74, 6) is -0.876. The third-order valence-corrected chi connectivity index (χ3v) is 5.49. The fourth-order valence-corrected chi connectivity index (χ4v) is 3.72. The van der Waals surface area contributed by atoms with Crippen LogP contribution in [0.1, 0.15) is 38.9 Å². The summed E-state index contributed by atoms with van der Waals surface area (Å²) in [5, 5.41) is 6.34. The number of aromatic nitrogens is 2. The van der Waals surface area contributed by atoms with Gasteiger partial charge in [-0.15, -0.1) is 11.3 Å². The second kappa shape index (κ2) is 7.60. The van der Waals surface area contributed by atoms with Gasteiger partial charge < -0.3 is 9.26 Å². The summed E-state index contributed by atoms with van der Waals surface area (Å²) >= 11 is 1.50. The van der Waals surface area contributed by atoms with E-state index in [9.17, 15) is 9.59 Å². The lowest BCUT2D eigenvalue weighted by atomic mass is 10.1. The number of ether oxygens (including phenoxy) is 1. The average Bonchev–Trinajstić information content (AvgIpc) is 3.37. The van der Waals surface area contributed by atoms with E-state index in [0.717, 1.165) is 10.4 Å². The summed E-state index contributed by atoms with van der Waals surface area (Å²) in [7, 11) is 0. The van der Waals surface area contributed by atoms with Crippen molar-refractivity contribution in [1.82, 2.24) is 10.1 Å². The molecule has 0 spiro atoms. The van der Waals surface area contributed by atoms with Crippen molar-refractivity contribution in [3.63, 3.8) is 0 Å². The molecular weight excluding hydrogens is 388 g/mol. The number of nitrogens with zero attached hydrogens (tertiary/aromatic N) is 2. The molecule has 0 saturated heterocycles. The number of hydrogen-bond acceptors (Lipinski definition) is 7. The van der Waals surface area contributed by atoms with Crippen LogP contribution in [-0.4, -0.2) is 28.0 Å². The molecule has 0 unspecified atom stereocenters. The van der Waals surface area contributed by atoms with Crippen LogP contribution in [0.4, 0.5) is 0 Å². The van der Waals surface area contributed by atoms with Crippen molar-refractivity contribution in [1.29, 1.82) is 0 Å². The molecule has 0 aliphatic rings. The zero-order valence-corrected chi connectivity index (χ0v) is 16.9. The van der Waals surface area contributed by atoms with Gasteiger partial charge in [-0.2, -0.15) is 0 Å². The highest BCUT2D eigenvalue weighted by Crippen LogP contribution is 2.30. The summed E-state index contributed by atoms with van der Waals surface area (Å²) in [6.07, 6.45) is -0.932. The molecule has 0 aliphatic carbocycles. The van der Waals surface area contributed by atoms with Crippen molar-refractivity contribution < 1.29 is 18.8 Å². The van der Waals surface area contributed by atoms with Gasteiger partial charge >= 0.3 is 5.97 Å². The number of carbonyl (C=O) groups is 2. The Morgan fingerprint density at radius 1 is 1.14 bits per heavy atom. The molecule has 0 aliphatic heterocycles. The maximum Gasteiger partial charge on any atom is 0.339 e. The van der Waals surface area contributed by atoms with Crippen molar-refractivity contribution >= 4 is 34.2 Å². The van der Waals surface area contributed by atoms with E-state index in [2.05, 4.69) is 10.1 Å². The summed E-state index contributed by atoms with van der Waals surface area (Å²) in [6.45, 7) is 5.24. The summed E-state index contributed by atoms with van der Waals surface area (Å²) < 4.78 is 10.8. The van der Waals surface area contributed by atoms with Crippen molar-refractivity contribution in [2.75, 3.05) is 0 Å². The lowest BCUT2D eigenvalue weighted by Gasteiger charge is -2.13. The van der Waals surface area contributed by atoms with Crippen LogP contribution in [0, 0.1) is 13.8 Å². The van der Waals surface area contributed by atoms with Gasteiger partial charge in [0.05, 0.1) is 27.2 Å². The van der Waals surface area contributed by atoms with Crippen LogP contribution in [0.25, 0.3) is 21.7 Å². The molecular formula is C22H18N2O4S. The van der Waals surface area contributed by atoms with Gasteiger partial charge in [-0.1, -0.05) is 41.1 Å². The first-order valence-electron chi connectivity index (χ1n) is 9.07. The Balaban J connectivity index is 1.66. The number of Topliss-reactive ketones (excluding diaryl/α,β-unsaturated/α-hetero) is 1. The number of aryl methyl sites for hydroxylation is 2. The number of benzene rings is 1. The Hall–Kier alpha value is -3.32. The van der Waals surface area contributed by atoms with E-state index in [-0.39, 0.29) is 17.1 Å². The molecule has 1 aromatic carbocycles. The number of pyridine rings is 1. The molecule has 7 heteroatoms. The van der Waals surface area contributed by atoms with E-state index in [0.29, 0.717) is 22.3 Å². The number of hydrogen-bond donors (Lipinski definition) is 0. The molecule has 1 atom stereocenters. The van der Waals surface area contributed by atoms with Gasteiger partial charge in [-0.3, -0.25) is 4.79 Å². The van der Waals surface area contributed by atoms with Crippen LogP contribution >= 0.6 is 11.3 Å². The molecule has 0 saturated carbocycles. The number of carbonyl (C=O) groups excluding carboxylic acids is 2. The van der Waals surface area contributed by atoms with Gasteiger partial charge in [0.25, 0.3) is 5.71 Å². The molecule has 146 valence electrons. The van der Waals surface area contributed by atoms with Gasteiger partial charge in [0.15, 0.2) is 6.10 Å². The van der Waals surface area contributed by atoms with Gasteiger partial charge in [0, 0.05) is 5.56 Å². The fourth-order valence-electron chi connectivity index (χ4n) is 3.04. The van der Waals surface area contributed by atoms with Crippen LogP contribution < -0.4 is 0 Å². The Bertz CT molecular complexity index is 1190. The van der Waals surface area contributed by atoms with E-state index in [1.165, 1.54) is 11.3 Å². The normalized spacial score (nSPS) is 12.1. The molecule has 3 heterocycles. The van der Waals surface area contributed by atoms with Crippen molar-refractivity contribution in [2.24, 2.45) is 0 Å². The van der Waals surface area contributed by atoms with Gasteiger partial charge in [-0.25, -0.2) is 9.78 Å². The minimum Gasteiger partial charge on any atom is -0.451 e. The van der Waals surface area contributed by atoms with Gasteiger partial charge in [-0.05, 0) is 38.3 Å². The fraction of sp³-hybridized carbons (Fsp3) is 0.182. The zero-order valence-electron chi connectivity index (χ0n) is 16.1. The predicted molar refractivity (Wildman–Crippen MR) is 110 cm³/mol. The van der Waals surface area contributed by atoms with E-state index < -0.39 is 12.1 Å². The molecule has 0 amide bonds. The Labute approximate surface area is 171 Å². The first-order valence-corrected chi connectivity index (χ1v) is 9.95. The van der Waals surface area contributed by atoms with Crippen LogP contribution in [-0.2, 0) is 4.74 Å². The highest BCUT2D eigenvalue weighted by molar-refractivity contribution is 7.13. The van der Waals surface area contributed by atoms with Gasteiger partial charge in [0.1, 0.15) is 0 Å². The molecule has 6 nitrogen and oxygen atoms in total. The second-order valence-electron chi connectivity index (χ2n) is 6.76. The summed E-state index contributed by atoms with van der Waals surface area (Å²) in [4.78, 5) is 30.9. The molecule has 4 rings (SSSR count). The molecule has 0 bridgehead atoms. The number of thiophene rings is 1. The molecule has 4 aromatic rings. The smallest absolute Gasteiger partial charge is 0.339 e. The highest BCUT2D eigenvalue weighted by Gasteiger charge is 2.25. The van der Waals surface area contributed by atoms with Crippen LogP contribution in [0.5, 0.6) is 0 Å². The zero-order chi connectivity index (χ0) is 20.5. The standard InChI is InChI=1S/C22H18N2O4S/c1-12-6-8-15(9-7-12)20(25)14(3)27-22(26)16-11-17(18-5-4-10-29-18)23-21-19(16)13(2)24-28-21/h4-11,14H,1-3H3/t14-/m0/s1. The van der Waals surface area contributed by atoms with Crippen molar-refractivity contribution in [2.45, 2.75) is 26.9 Å². The predicted octanol–water partition coefficient (Wildman–Crippen LogP) is 5.00. The Morgan fingerprint density at radius 3 is 2.59 bits per heavy atom. The number of fused-ring (bicyclic) bond motifs is 1. The van der Waals surface area contributed by atoms with Crippen molar-refractivity contribution in [3.8, 4) is 10.6 Å². The maximum atomic E-state index is 13.0. The van der Waals surface area contributed by atoms with Crippen LogP contribution in [0.3, 0.4) is 0 Å². The summed E-state index contributed by atoms with van der Waals surface area (Å²) in [5.41, 5.74) is 3.21. The van der Waals surface area contributed by atoms with E-state index in [4.69, 9.17) is 9.26 Å². The molecule has 0 fully saturated rings. The average molecular weight is 406 g/mol. The SMILES string of the molecule is Cc1ccc(C(=O)[C@H](C)OC(=O)c2cc(-c3cccs3)nc3onc(C)c23)cc1. The number of ketones is 1. The molecule has 0 N–H and O–H groups in total. The third-order valence-electron chi connectivity index (χ3n) is 4.60. The molecule has 0 radical (unpaired) electrons. The minimum atomic E-state index is -0.932. The quantitative estimate of drug-likeness (QED) is 0.343. The van der Waals surface area contributed by atoms with E-state index in [1.54, 1.807) is 32.0 Å². The van der Waals surface area contributed by atoms with Crippen LogP contribution in [0.15, 0.2) is 52.4 Å².